The van der Waals surface area contributed by atoms with E-state index in [0.717, 1.165) is 25.9 Å². The van der Waals surface area contributed by atoms with Crippen LogP contribution < -0.4 is 25.6 Å². The van der Waals surface area contributed by atoms with E-state index >= 15 is 0 Å². The average molecular weight is 405 g/mol. The molecule has 0 atom stereocenters. The number of ether oxygens (including phenoxy) is 3. The first-order valence-electron chi connectivity index (χ1n) is 9.84. The first-order valence-corrected chi connectivity index (χ1v) is 9.84. The summed E-state index contributed by atoms with van der Waals surface area (Å²) in [4.78, 5) is 12.5. The molecule has 0 radical (unpaired) electrons. The van der Waals surface area contributed by atoms with Crippen molar-refractivity contribution in [3.05, 3.63) is 29.5 Å². The van der Waals surface area contributed by atoms with Gasteiger partial charge in [0.05, 0.1) is 19.9 Å². The molecule has 0 heterocycles. The lowest BCUT2D eigenvalue weighted by molar-refractivity contribution is -0.116. The van der Waals surface area contributed by atoms with E-state index in [2.05, 4.69) is 23.1 Å². The van der Waals surface area contributed by atoms with E-state index < -0.39 is 5.91 Å². The minimum absolute atomic E-state index is 0.0359. The number of nitriles is 1. The van der Waals surface area contributed by atoms with Crippen LogP contribution in [0.4, 0.5) is 5.69 Å². The maximum absolute atomic E-state index is 12.5. The van der Waals surface area contributed by atoms with Crippen LogP contribution in [0.1, 0.15) is 39.5 Å². The van der Waals surface area contributed by atoms with E-state index in [1.54, 1.807) is 25.3 Å². The number of anilines is 1. The Morgan fingerprint density at radius 1 is 1.14 bits per heavy atom. The fraction of sp³-hybridized carbons (Fsp3) is 0.524. The van der Waals surface area contributed by atoms with Crippen LogP contribution in [-0.2, 0) is 9.53 Å². The van der Waals surface area contributed by atoms with Gasteiger partial charge in [0.15, 0.2) is 0 Å². The molecule has 3 N–H and O–H groups in total. The highest BCUT2D eigenvalue weighted by Gasteiger charge is 2.15. The van der Waals surface area contributed by atoms with Crippen LogP contribution in [0, 0.1) is 11.3 Å². The Labute approximate surface area is 173 Å². The van der Waals surface area contributed by atoms with Crippen molar-refractivity contribution in [1.29, 1.82) is 5.26 Å². The largest absolute Gasteiger partial charge is 0.497 e. The third-order valence-corrected chi connectivity index (χ3v) is 4.16. The molecule has 0 spiro atoms. The topological polar surface area (TPSA) is 105 Å². The first kappa shape index (κ1) is 24.1. The van der Waals surface area contributed by atoms with Crippen LogP contribution in [0.15, 0.2) is 29.5 Å². The van der Waals surface area contributed by atoms with Gasteiger partial charge in [0.25, 0.3) is 5.91 Å². The van der Waals surface area contributed by atoms with Crippen LogP contribution in [0.2, 0.25) is 0 Å². The van der Waals surface area contributed by atoms with E-state index in [9.17, 15) is 10.1 Å². The number of allylic oxidation sites excluding steroid dienone is 1. The van der Waals surface area contributed by atoms with Crippen molar-refractivity contribution < 1.29 is 19.0 Å². The van der Waals surface area contributed by atoms with Gasteiger partial charge in [-0.3, -0.25) is 15.6 Å². The summed E-state index contributed by atoms with van der Waals surface area (Å²) in [7, 11) is 3.08. The molecule has 0 saturated heterocycles. The summed E-state index contributed by atoms with van der Waals surface area (Å²) in [5.41, 5.74) is 6.49. The molecule has 0 bridgehead atoms. The fourth-order valence-corrected chi connectivity index (χ4v) is 2.51. The van der Waals surface area contributed by atoms with E-state index in [0.29, 0.717) is 42.5 Å². The summed E-state index contributed by atoms with van der Waals surface area (Å²) in [6, 6.07) is 7.14. The summed E-state index contributed by atoms with van der Waals surface area (Å²) in [5, 5.41) is 12.6. The lowest BCUT2D eigenvalue weighted by Crippen LogP contribution is -2.32. The van der Waals surface area contributed by atoms with Gasteiger partial charge in [0, 0.05) is 31.5 Å². The lowest BCUT2D eigenvalue weighted by Gasteiger charge is -2.15. The molecule has 1 aromatic carbocycles. The number of hydrazine groups is 1. The molecular weight excluding hydrogens is 372 g/mol. The Morgan fingerprint density at radius 3 is 2.52 bits per heavy atom. The minimum Gasteiger partial charge on any atom is -0.497 e. The minimum atomic E-state index is -0.527. The van der Waals surface area contributed by atoms with Gasteiger partial charge in [0.2, 0.25) is 0 Å². The van der Waals surface area contributed by atoms with Crippen LogP contribution in [-0.4, -0.2) is 39.9 Å². The molecule has 1 amide bonds. The quantitative estimate of drug-likeness (QED) is 0.189. The Balaban J connectivity index is 2.67. The van der Waals surface area contributed by atoms with Crippen molar-refractivity contribution in [2.45, 2.75) is 39.5 Å². The number of benzene rings is 1. The van der Waals surface area contributed by atoms with Crippen molar-refractivity contribution in [3.8, 4) is 17.6 Å². The van der Waals surface area contributed by atoms with Crippen molar-refractivity contribution >= 4 is 11.6 Å². The molecule has 0 aliphatic heterocycles. The van der Waals surface area contributed by atoms with Gasteiger partial charge in [-0.25, -0.2) is 0 Å². The summed E-state index contributed by atoms with van der Waals surface area (Å²) in [6.07, 6.45) is 3.50. The third-order valence-electron chi connectivity index (χ3n) is 4.16. The number of carbonyl (C=O) groups excluding carboxylic acids is 1. The van der Waals surface area contributed by atoms with Crippen molar-refractivity contribution in [1.82, 2.24) is 10.7 Å². The zero-order valence-corrected chi connectivity index (χ0v) is 17.8. The van der Waals surface area contributed by atoms with Crippen LogP contribution >= 0.6 is 0 Å². The Hall–Kier alpha value is -2.92. The summed E-state index contributed by atoms with van der Waals surface area (Å²) < 4.78 is 16.0. The molecule has 29 heavy (non-hydrogen) atoms. The molecule has 160 valence electrons. The number of unbranched alkanes of at least 4 members (excludes halogenated alkanes) is 1. The van der Waals surface area contributed by atoms with Gasteiger partial charge >= 0.3 is 0 Å². The van der Waals surface area contributed by atoms with E-state index in [1.165, 1.54) is 7.11 Å². The summed E-state index contributed by atoms with van der Waals surface area (Å²) >= 11 is 0. The van der Waals surface area contributed by atoms with Crippen molar-refractivity contribution in [3.63, 3.8) is 0 Å². The SMILES string of the molecule is CCCCOCCCN/C(CC)=C(/C#N)C(=O)NNc1cc(OC)ccc1OC. The van der Waals surface area contributed by atoms with Crippen molar-refractivity contribution in [2.24, 2.45) is 0 Å². The van der Waals surface area contributed by atoms with Gasteiger partial charge in [0.1, 0.15) is 23.1 Å². The highest BCUT2D eigenvalue weighted by molar-refractivity contribution is 5.98. The molecule has 0 saturated carbocycles. The second-order valence-electron chi connectivity index (χ2n) is 6.21. The smallest absolute Gasteiger partial charge is 0.282 e. The highest BCUT2D eigenvalue weighted by atomic mass is 16.5. The molecule has 0 fully saturated rings. The van der Waals surface area contributed by atoms with Crippen LogP contribution in [0.3, 0.4) is 0 Å². The predicted octanol–water partition coefficient (Wildman–Crippen LogP) is 3.13. The van der Waals surface area contributed by atoms with E-state index in [4.69, 9.17) is 14.2 Å². The maximum atomic E-state index is 12.5. The van der Waals surface area contributed by atoms with E-state index in [1.807, 2.05) is 13.0 Å². The number of nitrogens with one attached hydrogen (secondary N) is 3. The second kappa shape index (κ2) is 14.1. The van der Waals surface area contributed by atoms with Gasteiger partial charge in [-0.15, -0.1) is 0 Å². The predicted molar refractivity (Wildman–Crippen MR) is 113 cm³/mol. The summed E-state index contributed by atoms with van der Waals surface area (Å²) in [6.45, 7) is 6.05. The zero-order chi connectivity index (χ0) is 21.5. The standard InChI is InChI=1S/C21H32N4O4/c1-5-7-12-29-13-8-11-23-18(6-2)17(15-22)21(26)25-24-19-14-16(27-3)9-10-20(19)28-4/h9-10,14,23-24H,5-8,11-13H2,1-4H3,(H,25,26)/b18-17-. The number of nitrogens with zero attached hydrogens (tertiary/aromatic N) is 1. The van der Waals surface area contributed by atoms with Gasteiger partial charge in [-0.1, -0.05) is 20.3 Å². The Kier molecular flexibility index (Phi) is 11.8. The molecule has 0 unspecified atom stereocenters. The van der Waals surface area contributed by atoms with Gasteiger partial charge < -0.3 is 19.5 Å². The van der Waals surface area contributed by atoms with Gasteiger partial charge in [-0.2, -0.15) is 5.26 Å². The highest BCUT2D eigenvalue weighted by Crippen LogP contribution is 2.28. The number of amides is 1. The number of carbonyl (C=O) groups is 1. The number of methoxy groups -OCH3 is 2. The molecule has 1 rings (SSSR count). The van der Waals surface area contributed by atoms with E-state index in [-0.39, 0.29) is 5.57 Å². The lowest BCUT2D eigenvalue weighted by atomic mass is 10.1. The molecule has 1 aromatic rings. The molecule has 0 aliphatic rings. The van der Waals surface area contributed by atoms with Crippen molar-refractivity contribution in [2.75, 3.05) is 39.4 Å². The normalized spacial score (nSPS) is 11.1. The van der Waals surface area contributed by atoms with Gasteiger partial charge in [-0.05, 0) is 31.4 Å². The summed E-state index contributed by atoms with van der Waals surface area (Å²) in [5.74, 6) is 0.613. The number of rotatable bonds is 14. The molecule has 8 heteroatoms. The zero-order valence-electron chi connectivity index (χ0n) is 17.8. The fourth-order valence-electron chi connectivity index (χ4n) is 2.51. The number of hydrogen-bond donors (Lipinski definition) is 3. The monoisotopic (exact) mass is 404 g/mol. The number of hydrogen-bond acceptors (Lipinski definition) is 7. The Bertz CT molecular complexity index is 713. The van der Waals surface area contributed by atoms with Crippen LogP contribution in [0.25, 0.3) is 0 Å². The first-order chi connectivity index (χ1) is 14.1. The molecule has 8 nitrogen and oxygen atoms in total. The second-order valence-corrected chi connectivity index (χ2v) is 6.21. The Morgan fingerprint density at radius 2 is 1.90 bits per heavy atom. The third kappa shape index (κ3) is 8.32. The molecule has 0 aliphatic carbocycles. The molecule has 0 aromatic heterocycles. The molecular formula is C21H32N4O4. The average Bonchev–Trinajstić information content (AvgIpc) is 2.75. The maximum Gasteiger partial charge on any atom is 0.282 e. The van der Waals surface area contributed by atoms with Crippen LogP contribution in [0.5, 0.6) is 11.5 Å².